The predicted octanol–water partition coefficient (Wildman–Crippen LogP) is 5.11. The number of pyridine rings is 1. The monoisotopic (exact) mass is 447 g/mol. The SMILES string of the molecule is CN(C)CCNC(=O)c1cccc2c1nc(-c1ccc(Br)cc1)c1ccccc12. The van der Waals surface area contributed by atoms with E-state index >= 15 is 0 Å². The maximum atomic E-state index is 12.9. The van der Waals surface area contributed by atoms with E-state index in [0.717, 1.165) is 44.0 Å². The van der Waals surface area contributed by atoms with E-state index in [1.165, 1.54) is 0 Å². The molecule has 0 fully saturated rings. The molecule has 1 heterocycles. The fourth-order valence-electron chi connectivity index (χ4n) is 3.48. The fraction of sp³-hybridized carbons (Fsp3) is 0.167. The summed E-state index contributed by atoms with van der Waals surface area (Å²) in [5.74, 6) is -0.0954. The number of benzene rings is 3. The first-order valence-corrected chi connectivity index (χ1v) is 10.3. The number of nitrogens with zero attached hydrogens (tertiary/aromatic N) is 2. The van der Waals surface area contributed by atoms with Crippen LogP contribution in [0.25, 0.3) is 32.9 Å². The summed E-state index contributed by atoms with van der Waals surface area (Å²) in [6, 6.07) is 22.1. The van der Waals surface area contributed by atoms with Crippen LogP contribution in [0.1, 0.15) is 10.4 Å². The highest BCUT2D eigenvalue weighted by Crippen LogP contribution is 2.33. The number of hydrogen-bond donors (Lipinski definition) is 1. The predicted molar refractivity (Wildman–Crippen MR) is 123 cm³/mol. The molecule has 5 heteroatoms. The van der Waals surface area contributed by atoms with Gasteiger partial charge in [0.25, 0.3) is 5.91 Å². The van der Waals surface area contributed by atoms with Gasteiger partial charge in [0.2, 0.25) is 0 Å². The first-order chi connectivity index (χ1) is 14.0. The standard InChI is InChI=1S/C24H22BrN3O/c1-28(2)15-14-26-24(29)21-9-5-8-20-18-6-3-4-7-19(18)22(27-23(20)21)16-10-12-17(25)13-11-16/h3-13H,14-15H2,1-2H3,(H,26,29). The Morgan fingerprint density at radius 3 is 2.34 bits per heavy atom. The maximum Gasteiger partial charge on any atom is 0.253 e. The Balaban J connectivity index is 1.89. The molecule has 0 saturated heterocycles. The molecule has 1 amide bonds. The minimum absolute atomic E-state index is 0.0954. The second-order valence-electron chi connectivity index (χ2n) is 7.27. The maximum absolute atomic E-state index is 12.9. The summed E-state index contributed by atoms with van der Waals surface area (Å²) in [5.41, 5.74) is 3.24. The molecule has 0 unspecified atom stereocenters. The van der Waals surface area contributed by atoms with Gasteiger partial charge in [-0.1, -0.05) is 64.5 Å². The molecule has 1 aromatic heterocycles. The molecule has 0 spiro atoms. The third-order valence-corrected chi connectivity index (χ3v) is 5.47. The van der Waals surface area contributed by atoms with Gasteiger partial charge in [-0.3, -0.25) is 4.79 Å². The van der Waals surface area contributed by atoms with E-state index in [2.05, 4.69) is 33.4 Å². The van der Waals surface area contributed by atoms with Gasteiger partial charge in [0.15, 0.2) is 0 Å². The number of halogens is 1. The number of likely N-dealkylation sites (N-methyl/N-ethyl adjacent to an activating group) is 1. The molecule has 3 aromatic carbocycles. The summed E-state index contributed by atoms with van der Waals surface area (Å²) >= 11 is 3.50. The fourth-order valence-corrected chi connectivity index (χ4v) is 3.74. The molecule has 0 radical (unpaired) electrons. The van der Waals surface area contributed by atoms with Crippen molar-refractivity contribution >= 4 is 43.5 Å². The van der Waals surface area contributed by atoms with Crippen LogP contribution in [-0.4, -0.2) is 43.0 Å². The number of fused-ring (bicyclic) bond motifs is 3. The van der Waals surface area contributed by atoms with E-state index in [-0.39, 0.29) is 5.91 Å². The Hall–Kier alpha value is -2.76. The summed E-state index contributed by atoms with van der Waals surface area (Å²) in [6.07, 6.45) is 0. The van der Waals surface area contributed by atoms with Crippen molar-refractivity contribution in [3.05, 3.63) is 76.8 Å². The van der Waals surface area contributed by atoms with Crippen LogP contribution in [0.4, 0.5) is 0 Å². The molecule has 4 aromatic rings. The normalized spacial score (nSPS) is 11.3. The van der Waals surface area contributed by atoms with Gasteiger partial charge in [-0.15, -0.1) is 0 Å². The molecular formula is C24H22BrN3O. The first kappa shape index (κ1) is 19.6. The van der Waals surface area contributed by atoms with E-state index in [1.54, 1.807) is 0 Å². The lowest BCUT2D eigenvalue weighted by Gasteiger charge is -2.14. The van der Waals surface area contributed by atoms with Gasteiger partial charge in [-0.25, -0.2) is 4.98 Å². The topological polar surface area (TPSA) is 45.2 Å². The molecule has 1 N–H and O–H groups in total. The van der Waals surface area contributed by atoms with Gasteiger partial charge >= 0.3 is 0 Å². The minimum Gasteiger partial charge on any atom is -0.351 e. The van der Waals surface area contributed by atoms with Crippen molar-refractivity contribution < 1.29 is 4.79 Å². The molecule has 0 atom stereocenters. The Kier molecular flexibility index (Phi) is 5.60. The average molecular weight is 448 g/mol. The van der Waals surface area contributed by atoms with E-state index in [0.29, 0.717) is 12.1 Å². The molecule has 0 aliphatic carbocycles. The highest BCUT2D eigenvalue weighted by Gasteiger charge is 2.16. The van der Waals surface area contributed by atoms with E-state index in [9.17, 15) is 4.79 Å². The Labute approximate surface area is 178 Å². The van der Waals surface area contributed by atoms with Crippen LogP contribution in [0, 0.1) is 0 Å². The smallest absolute Gasteiger partial charge is 0.253 e. The van der Waals surface area contributed by atoms with Crippen molar-refractivity contribution in [2.45, 2.75) is 0 Å². The lowest BCUT2D eigenvalue weighted by Crippen LogP contribution is -2.31. The molecule has 29 heavy (non-hydrogen) atoms. The third kappa shape index (κ3) is 4.02. The van der Waals surface area contributed by atoms with Crippen LogP contribution in [0.15, 0.2) is 71.2 Å². The highest BCUT2D eigenvalue weighted by atomic mass is 79.9. The van der Waals surface area contributed by atoms with Crippen molar-refractivity contribution in [3.63, 3.8) is 0 Å². The second-order valence-corrected chi connectivity index (χ2v) is 8.19. The van der Waals surface area contributed by atoms with Gasteiger partial charge in [0.05, 0.1) is 16.8 Å². The molecule has 0 aliphatic rings. The van der Waals surface area contributed by atoms with Gasteiger partial charge in [-0.05, 0) is 37.7 Å². The summed E-state index contributed by atoms with van der Waals surface area (Å²) in [7, 11) is 3.98. The lowest BCUT2D eigenvalue weighted by molar-refractivity contribution is 0.0952. The van der Waals surface area contributed by atoms with Crippen LogP contribution in [0.3, 0.4) is 0 Å². The summed E-state index contributed by atoms with van der Waals surface area (Å²) < 4.78 is 1.02. The number of para-hydroxylation sites is 1. The minimum atomic E-state index is -0.0954. The quantitative estimate of drug-likeness (QED) is 0.432. The number of amides is 1. The van der Waals surface area contributed by atoms with E-state index < -0.39 is 0 Å². The number of rotatable bonds is 5. The number of nitrogens with one attached hydrogen (secondary N) is 1. The van der Waals surface area contributed by atoms with Crippen molar-refractivity contribution in [1.29, 1.82) is 0 Å². The lowest BCUT2D eigenvalue weighted by atomic mass is 9.98. The highest BCUT2D eigenvalue weighted by molar-refractivity contribution is 9.10. The second kappa shape index (κ2) is 8.31. The van der Waals surface area contributed by atoms with E-state index in [4.69, 9.17) is 4.98 Å². The van der Waals surface area contributed by atoms with Gasteiger partial charge in [-0.2, -0.15) is 0 Å². The molecular weight excluding hydrogens is 426 g/mol. The number of hydrogen-bond acceptors (Lipinski definition) is 3. The van der Waals surface area contributed by atoms with Crippen LogP contribution in [0.2, 0.25) is 0 Å². The van der Waals surface area contributed by atoms with Crippen LogP contribution < -0.4 is 5.32 Å². The van der Waals surface area contributed by atoms with Crippen LogP contribution in [0.5, 0.6) is 0 Å². The van der Waals surface area contributed by atoms with Crippen molar-refractivity contribution in [2.75, 3.05) is 27.2 Å². The number of aromatic nitrogens is 1. The van der Waals surface area contributed by atoms with Gasteiger partial charge in [0, 0.05) is 33.9 Å². The molecule has 4 rings (SSSR count). The van der Waals surface area contributed by atoms with Crippen molar-refractivity contribution in [2.24, 2.45) is 0 Å². The summed E-state index contributed by atoms with van der Waals surface area (Å²) in [5, 5.41) is 6.17. The first-order valence-electron chi connectivity index (χ1n) is 9.55. The summed E-state index contributed by atoms with van der Waals surface area (Å²) in [6.45, 7) is 1.38. The molecule has 4 nitrogen and oxygen atoms in total. The van der Waals surface area contributed by atoms with Gasteiger partial charge < -0.3 is 10.2 Å². The van der Waals surface area contributed by atoms with Crippen LogP contribution >= 0.6 is 15.9 Å². The van der Waals surface area contributed by atoms with Crippen molar-refractivity contribution in [3.8, 4) is 11.3 Å². The Morgan fingerprint density at radius 2 is 1.62 bits per heavy atom. The zero-order valence-corrected chi connectivity index (χ0v) is 18.0. The zero-order valence-electron chi connectivity index (χ0n) is 16.4. The Morgan fingerprint density at radius 1 is 0.931 bits per heavy atom. The number of carbonyl (C=O) groups is 1. The molecule has 0 saturated carbocycles. The molecule has 0 bridgehead atoms. The van der Waals surface area contributed by atoms with Gasteiger partial charge in [0.1, 0.15) is 0 Å². The summed E-state index contributed by atoms with van der Waals surface area (Å²) in [4.78, 5) is 19.9. The largest absolute Gasteiger partial charge is 0.351 e. The zero-order chi connectivity index (χ0) is 20.4. The van der Waals surface area contributed by atoms with Crippen molar-refractivity contribution in [1.82, 2.24) is 15.2 Å². The molecule has 0 aliphatic heterocycles. The molecule has 146 valence electrons. The average Bonchev–Trinajstić information content (AvgIpc) is 2.73. The third-order valence-electron chi connectivity index (χ3n) is 4.94. The Bertz CT molecular complexity index is 1190. The van der Waals surface area contributed by atoms with E-state index in [1.807, 2.05) is 73.6 Å². The number of carbonyl (C=O) groups excluding carboxylic acids is 1. The van der Waals surface area contributed by atoms with Crippen LogP contribution in [-0.2, 0) is 0 Å².